The van der Waals surface area contributed by atoms with E-state index in [1.807, 2.05) is 20.9 Å². The molecule has 1 fully saturated rings. The Balaban J connectivity index is 0.000000371. The lowest BCUT2D eigenvalue weighted by molar-refractivity contribution is 0.409. The zero-order valence-electron chi connectivity index (χ0n) is 7.41. The molecule has 2 heteroatoms. The van der Waals surface area contributed by atoms with Crippen molar-refractivity contribution in [3.05, 3.63) is 0 Å². The first-order chi connectivity index (χ1) is 4.93. The first kappa shape index (κ1) is 9.92. The molecule has 1 rings (SSSR count). The normalized spacial score (nSPS) is 19.5. The van der Waals surface area contributed by atoms with Gasteiger partial charge in [-0.1, -0.05) is 13.8 Å². The summed E-state index contributed by atoms with van der Waals surface area (Å²) in [6.45, 7) is 6.37. The molecule has 2 N–H and O–H groups in total. The molecule has 1 heterocycles. The summed E-state index contributed by atoms with van der Waals surface area (Å²) in [5, 5.41) is 6.57. The highest BCUT2D eigenvalue weighted by molar-refractivity contribution is 4.71. The summed E-state index contributed by atoms with van der Waals surface area (Å²) in [6.07, 6.45) is 2.58. The van der Waals surface area contributed by atoms with Gasteiger partial charge in [-0.25, -0.2) is 0 Å². The summed E-state index contributed by atoms with van der Waals surface area (Å²) in [4.78, 5) is 0. The summed E-state index contributed by atoms with van der Waals surface area (Å²) >= 11 is 0. The molecule has 0 saturated carbocycles. The molecule has 0 unspecified atom stereocenters. The van der Waals surface area contributed by atoms with Crippen LogP contribution in [-0.4, -0.2) is 26.2 Å². The van der Waals surface area contributed by atoms with E-state index < -0.39 is 0 Å². The van der Waals surface area contributed by atoms with E-state index in [1.165, 1.54) is 25.9 Å². The van der Waals surface area contributed by atoms with Crippen LogP contribution < -0.4 is 10.6 Å². The Bertz CT molecular complexity index is 58.3. The summed E-state index contributed by atoms with van der Waals surface area (Å²) in [7, 11) is 2.04. The largest absolute Gasteiger partial charge is 0.317 e. The summed E-state index contributed by atoms with van der Waals surface area (Å²) < 4.78 is 0. The molecule has 1 aliphatic heterocycles. The minimum absolute atomic E-state index is 0.774. The first-order valence-corrected chi connectivity index (χ1v) is 4.31. The third kappa shape index (κ3) is 3.85. The van der Waals surface area contributed by atoms with Crippen LogP contribution in [0.5, 0.6) is 0 Å². The van der Waals surface area contributed by atoms with E-state index in [2.05, 4.69) is 10.6 Å². The van der Waals surface area contributed by atoms with Gasteiger partial charge < -0.3 is 10.6 Å². The quantitative estimate of drug-likeness (QED) is 0.573. The predicted octanol–water partition coefficient (Wildman–Crippen LogP) is 0.984. The Morgan fingerprint density at radius 1 is 1.20 bits per heavy atom. The second-order valence-electron chi connectivity index (χ2n) is 2.31. The van der Waals surface area contributed by atoms with Crippen molar-refractivity contribution in [3.8, 4) is 0 Å². The van der Waals surface area contributed by atoms with Gasteiger partial charge in [-0.15, -0.1) is 0 Å². The van der Waals surface area contributed by atoms with Crippen molar-refractivity contribution in [3.63, 3.8) is 0 Å². The number of hydrogen-bond donors (Lipinski definition) is 2. The molecule has 0 atom stereocenters. The summed E-state index contributed by atoms with van der Waals surface area (Å²) in [5.41, 5.74) is 0. The Morgan fingerprint density at radius 3 is 2.00 bits per heavy atom. The zero-order valence-corrected chi connectivity index (χ0v) is 7.41. The average Bonchev–Trinajstić information content (AvgIpc) is 2.10. The number of hydrogen-bond acceptors (Lipinski definition) is 2. The van der Waals surface area contributed by atoms with Crippen LogP contribution in [-0.2, 0) is 0 Å². The monoisotopic (exact) mass is 144 g/mol. The maximum absolute atomic E-state index is 3.31. The smallest absolute Gasteiger partial charge is 0.00882 e. The highest BCUT2D eigenvalue weighted by atomic mass is 14.9. The fraction of sp³-hybridized carbons (Fsp3) is 1.00. The van der Waals surface area contributed by atoms with Gasteiger partial charge in [-0.2, -0.15) is 0 Å². The van der Waals surface area contributed by atoms with Crippen molar-refractivity contribution < 1.29 is 0 Å². The van der Waals surface area contributed by atoms with Gasteiger partial charge in [-0.05, 0) is 33.0 Å². The molecule has 1 saturated heterocycles. The van der Waals surface area contributed by atoms with E-state index in [0.29, 0.717) is 0 Å². The van der Waals surface area contributed by atoms with Crippen LogP contribution in [0.1, 0.15) is 26.7 Å². The van der Waals surface area contributed by atoms with E-state index in [4.69, 9.17) is 0 Å². The van der Waals surface area contributed by atoms with Crippen LogP contribution >= 0.6 is 0 Å². The van der Waals surface area contributed by atoms with Gasteiger partial charge in [0.25, 0.3) is 0 Å². The lowest BCUT2D eigenvalue weighted by atomic mass is 10.1. The van der Waals surface area contributed by atoms with Crippen LogP contribution in [0.4, 0.5) is 0 Å². The van der Waals surface area contributed by atoms with Crippen LogP contribution in [0, 0.1) is 0 Å². The van der Waals surface area contributed by atoms with E-state index in [9.17, 15) is 0 Å². The fourth-order valence-corrected chi connectivity index (χ4v) is 1.11. The van der Waals surface area contributed by atoms with Crippen molar-refractivity contribution in [2.24, 2.45) is 0 Å². The molecule has 0 aliphatic carbocycles. The van der Waals surface area contributed by atoms with E-state index in [-0.39, 0.29) is 0 Å². The van der Waals surface area contributed by atoms with E-state index in [0.717, 1.165) is 6.04 Å². The third-order valence-corrected chi connectivity index (χ3v) is 1.75. The lowest BCUT2D eigenvalue weighted by Crippen LogP contribution is -2.37. The average molecular weight is 144 g/mol. The van der Waals surface area contributed by atoms with Gasteiger partial charge in [0, 0.05) is 6.04 Å². The van der Waals surface area contributed by atoms with Gasteiger partial charge in [-0.3, -0.25) is 0 Å². The number of rotatable bonds is 1. The van der Waals surface area contributed by atoms with Crippen molar-refractivity contribution in [1.82, 2.24) is 10.6 Å². The molecule has 0 radical (unpaired) electrons. The van der Waals surface area contributed by atoms with Gasteiger partial charge in [0.15, 0.2) is 0 Å². The Hall–Kier alpha value is -0.0800. The summed E-state index contributed by atoms with van der Waals surface area (Å²) in [5.74, 6) is 0. The van der Waals surface area contributed by atoms with Gasteiger partial charge in [0.1, 0.15) is 0 Å². The molecule has 2 nitrogen and oxygen atoms in total. The van der Waals surface area contributed by atoms with Crippen molar-refractivity contribution in [1.29, 1.82) is 0 Å². The van der Waals surface area contributed by atoms with Gasteiger partial charge >= 0.3 is 0 Å². The highest BCUT2D eigenvalue weighted by Crippen LogP contribution is 1.99. The minimum Gasteiger partial charge on any atom is -0.317 e. The SMILES string of the molecule is CC.CNC1CCNCC1. The molecule has 0 aromatic heterocycles. The molecule has 0 spiro atoms. The van der Waals surface area contributed by atoms with Crippen LogP contribution in [0.15, 0.2) is 0 Å². The Labute approximate surface area is 64.4 Å². The van der Waals surface area contributed by atoms with Crippen molar-refractivity contribution in [2.45, 2.75) is 32.7 Å². The topological polar surface area (TPSA) is 24.1 Å². The third-order valence-electron chi connectivity index (χ3n) is 1.75. The molecular formula is C8H20N2. The molecule has 62 valence electrons. The number of piperidine rings is 1. The second-order valence-corrected chi connectivity index (χ2v) is 2.31. The minimum atomic E-state index is 0.774. The van der Waals surface area contributed by atoms with Gasteiger partial charge in [0.2, 0.25) is 0 Å². The Morgan fingerprint density at radius 2 is 1.70 bits per heavy atom. The molecule has 0 bridgehead atoms. The van der Waals surface area contributed by atoms with Crippen LogP contribution in [0.3, 0.4) is 0 Å². The molecule has 1 aliphatic rings. The highest BCUT2D eigenvalue weighted by Gasteiger charge is 2.08. The maximum atomic E-state index is 3.31. The maximum Gasteiger partial charge on any atom is 0.00882 e. The standard InChI is InChI=1S/C6H14N2.C2H6/c1-7-6-2-4-8-5-3-6;1-2/h6-8H,2-5H2,1H3;1-2H3. The molecule has 10 heavy (non-hydrogen) atoms. The predicted molar refractivity (Wildman–Crippen MR) is 46.3 cm³/mol. The summed E-state index contributed by atoms with van der Waals surface area (Å²) in [6, 6.07) is 0.774. The fourth-order valence-electron chi connectivity index (χ4n) is 1.11. The lowest BCUT2D eigenvalue weighted by Gasteiger charge is -2.21. The molecule has 0 aromatic carbocycles. The molecule has 0 aromatic rings. The number of nitrogens with one attached hydrogen (secondary N) is 2. The van der Waals surface area contributed by atoms with E-state index >= 15 is 0 Å². The zero-order chi connectivity index (χ0) is 7.82. The van der Waals surface area contributed by atoms with Crippen molar-refractivity contribution in [2.75, 3.05) is 20.1 Å². The van der Waals surface area contributed by atoms with Crippen molar-refractivity contribution >= 4 is 0 Å². The van der Waals surface area contributed by atoms with Crippen LogP contribution in [0.25, 0.3) is 0 Å². The van der Waals surface area contributed by atoms with Crippen LogP contribution in [0.2, 0.25) is 0 Å². The second kappa shape index (κ2) is 7.03. The molecule has 0 amide bonds. The van der Waals surface area contributed by atoms with E-state index in [1.54, 1.807) is 0 Å². The first-order valence-electron chi connectivity index (χ1n) is 4.31. The Kier molecular flexibility index (Phi) is 6.98. The molecular weight excluding hydrogens is 124 g/mol. The van der Waals surface area contributed by atoms with Gasteiger partial charge in [0.05, 0.1) is 0 Å².